The molecular weight excluding hydrogens is 909 g/mol. The number of thioether (sulfide) groups is 1. The Hall–Kier alpha value is -4.18. The molecule has 1 aliphatic carbocycles. The average molecular weight is 965 g/mol. The lowest BCUT2D eigenvalue weighted by molar-refractivity contribution is -0.302. The standard InChI is InChI=1S/C47H56N4O10S4/c1-9-10-11-12-13-14-37(40-31(20-22-65(8,62)63)35(53)24-36(54)42(40)51-46(56)57-6)61-45-38(60-39-18-17-33(27(4)58-39)49-26(2)3)25-47(64-7,28(5)59-45)44(55)43-41-30(19-21-48-43)32-23-29(52)15-16-34(32)50-41/h11-12,15-16,19-21,23,26-28,33,35,37-39,45,49-50,52-53H,17-18,22,24-25H2,1-8H3,(H,51,56)/b12-11-,31-20-/t27?,28?,33?,35-,37-,38?,39?,45?,47?/m0/s1. The Morgan fingerprint density at radius 2 is 1.91 bits per heavy atom. The zero-order valence-electron chi connectivity index (χ0n) is 37.6. The van der Waals surface area contributed by atoms with Gasteiger partial charge in [0.2, 0.25) is 5.78 Å². The first-order chi connectivity index (χ1) is 30.9. The van der Waals surface area contributed by atoms with Crippen molar-refractivity contribution >= 4 is 80.8 Å². The van der Waals surface area contributed by atoms with Gasteiger partial charge in [-0.1, -0.05) is 44.8 Å². The molecule has 348 valence electrons. The predicted molar refractivity (Wildman–Crippen MR) is 260 cm³/mol. The number of nitrogens with one attached hydrogen (secondary N) is 3. The number of aromatic amines is 1. The van der Waals surface area contributed by atoms with E-state index in [4.69, 9.17) is 46.1 Å². The van der Waals surface area contributed by atoms with E-state index >= 15 is 4.79 Å². The first-order valence-corrected chi connectivity index (χ1v) is 26.5. The summed E-state index contributed by atoms with van der Waals surface area (Å²) in [7, 11) is -0.823. The normalized spacial score (nSPS) is 27.4. The number of Topliss-reactive ketones (excluding diaryl/α,β-unsaturated/α-hetero) is 2. The number of carbonyl (C=O) groups is 3. The number of amides is 1. The Labute approximate surface area is 393 Å². The molecule has 14 nitrogen and oxygen atoms in total. The number of aliphatic hydroxyl groups is 1. The number of benzene rings is 1. The van der Waals surface area contributed by atoms with Crippen LogP contribution in [0, 0.1) is 23.7 Å². The van der Waals surface area contributed by atoms with Crippen molar-refractivity contribution in [3.8, 4) is 29.4 Å². The van der Waals surface area contributed by atoms with Crippen LogP contribution >= 0.6 is 11.8 Å². The fourth-order valence-electron chi connectivity index (χ4n) is 8.41. The van der Waals surface area contributed by atoms with Gasteiger partial charge in [0.05, 0.1) is 36.6 Å². The summed E-state index contributed by atoms with van der Waals surface area (Å²) in [6.45, 7) is 9.59. The molecule has 1 amide bonds. The number of hydrogen-bond acceptors (Lipinski definition) is 15. The number of H-pyrrole nitrogens is 1. The zero-order valence-corrected chi connectivity index (χ0v) is 40.9. The summed E-state index contributed by atoms with van der Waals surface area (Å²) in [4.78, 5) is 49.8. The molecule has 2 fully saturated rings. The number of fused-ring (bicyclic) bond motifs is 3. The first kappa shape index (κ1) is 50.2. The van der Waals surface area contributed by atoms with E-state index in [9.17, 15) is 19.8 Å². The van der Waals surface area contributed by atoms with Crippen molar-refractivity contribution in [3.05, 3.63) is 71.2 Å². The number of aromatic hydroxyl groups is 1. The van der Waals surface area contributed by atoms with Crippen molar-refractivity contribution in [2.45, 2.75) is 120 Å². The van der Waals surface area contributed by atoms with Gasteiger partial charge in [-0.3, -0.25) is 19.9 Å². The molecule has 7 unspecified atom stereocenters. The molecule has 2 aromatic heterocycles. The number of methoxy groups -OCH3 is 1. The molecule has 3 aliphatic rings. The van der Waals surface area contributed by atoms with Crippen molar-refractivity contribution in [1.82, 2.24) is 20.6 Å². The maximum atomic E-state index is 15.2. The second kappa shape index (κ2) is 21.6. The molecule has 3 aromatic rings. The van der Waals surface area contributed by atoms with Crippen LogP contribution in [0.3, 0.4) is 0 Å². The number of alkyl carbamates (subject to hydrolysis) is 1. The van der Waals surface area contributed by atoms with Crippen molar-refractivity contribution in [2.24, 2.45) is 0 Å². The van der Waals surface area contributed by atoms with Gasteiger partial charge >= 0.3 is 6.09 Å². The number of phenolic OH excluding ortho intramolecular Hbond substituents is 1. The monoisotopic (exact) mass is 964 g/mol. The van der Waals surface area contributed by atoms with E-state index in [0.717, 1.165) is 24.4 Å². The van der Waals surface area contributed by atoms with E-state index in [1.54, 1.807) is 62.7 Å². The highest BCUT2D eigenvalue weighted by molar-refractivity contribution is 8.56. The summed E-state index contributed by atoms with van der Waals surface area (Å²) in [5.74, 6) is 11.0. The first-order valence-electron chi connectivity index (χ1n) is 21.2. The smallest absolute Gasteiger partial charge is 0.411 e. The third-order valence-corrected chi connectivity index (χ3v) is 14.5. The second-order valence-electron chi connectivity index (χ2n) is 16.5. The lowest BCUT2D eigenvalue weighted by atomic mass is 9.84. The molecular formula is C47H56N4O10S4. The molecule has 4 heterocycles. The van der Waals surface area contributed by atoms with Crippen molar-refractivity contribution in [3.63, 3.8) is 0 Å². The largest absolute Gasteiger partial charge is 0.508 e. The quantitative estimate of drug-likeness (QED) is 0.104. The highest BCUT2D eigenvalue weighted by atomic mass is 33.1. The number of phenols is 1. The van der Waals surface area contributed by atoms with Crippen molar-refractivity contribution in [1.29, 1.82) is 0 Å². The summed E-state index contributed by atoms with van der Waals surface area (Å²) in [6.07, 6.45) is 3.14. The summed E-state index contributed by atoms with van der Waals surface area (Å²) in [5, 5.41) is 29.4. The van der Waals surface area contributed by atoms with Crippen molar-refractivity contribution < 1.29 is 48.3 Å². The third-order valence-electron chi connectivity index (χ3n) is 11.5. The van der Waals surface area contributed by atoms with Crippen LogP contribution in [0.1, 0.15) is 70.8 Å². The van der Waals surface area contributed by atoms with Gasteiger partial charge in [-0.15, -0.1) is 17.7 Å². The van der Waals surface area contributed by atoms with Gasteiger partial charge < -0.3 is 44.2 Å². The van der Waals surface area contributed by atoms with Gasteiger partial charge in [0.1, 0.15) is 28.4 Å². The minimum Gasteiger partial charge on any atom is -0.508 e. The average Bonchev–Trinajstić information content (AvgIpc) is 3.62. The number of hydrogen-bond donors (Lipinski definition) is 5. The van der Waals surface area contributed by atoms with Gasteiger partial charge in [0.25, 0.3) is 0 Å². The number of ketones is 2. The molecule has 9 atom stereocenters. The summed E-state index contributed by atoms with van der Waals surface area (Å²) in [5.41, 5.74) is 1.53. The Morgan fingerprint density at radius 1 is 1.15 bits per heavy atom. The number of aromatic nitrogens is 2. The SMILES string of the molecule is CC#C/C=C\C#C[C@H](OC1OC(C)C(SC)(C(=O)c2nccc3c2[nH]c2ccc(O)cc23)CC1OC1CCC(NC(C)C)C(C)O1)C1=C(NC(=O)OC)C(=O)C[C@H](O)/C1=C/CS(C)(=S)=S. The van der Waals surface area contributed by atoms with Gasteiger partial charge in [0.15, 0.2) is 18.4 Å². The Balaban J connectivity index is 1.48. The number of pyridine rings is 1. The molecule has 0 radical (unpaired) electrons. The lowest BCUT2D eigenvalue weighted by Crippen LogP contribution is -2.60. The highest BCUT2D eigenvalue weighted by Gasteiger charge is 2.55. The number of carbonyl (C=O) groups excluding carboxylic acids is 3. The van der Waals surface area contributed by atoms with E-state index < -0.39 is 60.8 Å². The minimum absolute atomic E-state index is 0.0517. The molecule has 0 bridgehead atoms. The van der Waals surface area contributed by atoms with E-state index in [-0.39, 0.29) is 70.9 Å². The van der Waals surface area contributed by atoms with Crippen LogP contribution < -0.4 is 10.6 Å². The van der Waals surface area contributed by atoms with Crippen LogP contribution in [-0.2, 0) is 58.0 Å². The van der Waals surface area contributed by atoms with Crippen LogP contribution in [-0.4, -0.2) is 123 Å². The van der Waals surface area contributed by atoms with Crippen LogP contribution in [0.15, 0.2) is 65.5 Å². The third kappa shape index (κ3) is 11.7. The van der Waals surface area contributed by atoms with Gasteiger partial charge in [0, 0.05) is 58.7 Å². The van der Waals surface area contributed by atoms with Crippen LogP contribution in [0.25, 0.3) is 21.8 Å². The topological polar surface area (TPSA) is 191 Å². The second-order valence-corrected chi connectivity index (χ2v) is 24.9. The molecule has 6 rings (SSSR count). The number of ether oxygens (including phenoxy) is 5. The Kier molecular flexibility index (Phi) is 16.7. The number of aliphatic hydroxyl groups excluding tert-OH is 1. The molecule has 65 heavy (non-hydrogen) atoms. The maximum Gasteiger partial charge on any atom is 0.411 e. The Bertz CT molecular complexity index is 2640. The minimum atomic E-state index is -1.99. The summed E-state index contributed by atoms with van der Waals surface area (Å²) in [6, 6.07) is 7.05. The number of rotatable bonds is 13. The van der Waals surface area contributed by atoms with E-state index in [0.29, 0.717) is 17.3 Å². The molecule has 0 saturated carbocycles. The molecule has 2 aliphatic heterocycles. The van der Waals surface area contributed by atoms with Gasteiger partial charge in [-0.2, -0.15) is 0 Å². The predicted octanol–water partition coefficient (Wildman–Crippen LogP) is 5.66. The zero-order chi connectivity index (χ0) is 47.2. The summed E-state index contributed by atoms with van der Waals surface area (Å²) >= 11 is 12.5. The number of nitrogens with zero attached hydrogens (tertiary/aromatic N) is 1. The van der Waals surface area contributed by atoms with Crippen LogP contribution in [0.4, 0.5) is 4.79 Å². The van der Waals surface area contributed by atoms with Crippen LogP contribution in [0.2, 0.25) is 0 Å². The molecule has 2 saturated heterocycles. The van der Waals surface area contributed by atoms with E-state index in [1.165, 1.54) is 17.8 Å². The maximum absolute atomic E-state index is 15.2. The fraction of sp³-hybridized carbons (Fsp3) is 0.489. The Morgan fingerprint density at radius 3 is 2.58 bits per heavy atom. The van der Waals surface area contributed by atoms with E-state index in [1.807, 2.05) is 13.2 Å². The molecule has 1 aromatic carbocycles. The summed E-state index contributed by atoms with van der Waals surface area (Å²) < 4.78 is 30.7. The molecule has 0 spiro atoms. The number of allylic oxidation sites excluding steroid dienone is 3. The van der Waals surface area contributed by atoms with Gasteiger partial charge in [-0.25, -0.2) is 4.79 Å². The molecule has 5 N–H and O–H groups in total. The van der Waals surface area contributed by atoms with Crippen molar-refractivity contribution in [2.75, 3.05) is 25.4 Å². The molecule has 18 heteroatoms. The van der Waals surface area contributed by atoms with E-state index in [2.05, 4.69) is 58.1 Å². The highest BCUT2D eigenvalue weighted by Crippen LogP contribution is 2.45. The van der Waals surface area contributed by atoms with Crippen LogP contribution in [0.5, 0.6) is 5.75 Å². The van der Waals surface area contributed by atoms with Gasteiger partial charge in [-0.05, 0) is 110 Å². The fourth-order valence-corrected chi connectivity index (χ4v) is 10.3. The lowest BCUT2D eigenvalue weighted by Gasteiger charge is -2.48.